The van der Waals surface area contributed by atoms with E-state index in [1.165, 1.54) is 19.3 Å². The topological polar surface area (TPSA) is 94.4 Å². The van der Waals surface area contributed by atoms with Crippen molar-refractivity contribution in [3.8, 4) is 0 Å². The monoisotopic (exact) mass is 211 g/mol. The van der Waals surface area contributed by atoms with Crippen LogP contribution in [0.3, 0.4) is 0 Å². The van der Waals surface area contributed by atoms with Crippen LogP contribution >= 0.6 is 0 Å². The van der Waals surface area contributed by atoms with Crippen molar-refractivity contribution >= 4 is 17.5 Å². The number of aromatic nitrogens is 1. The number of carbonyl (C=O) groups excluding carboxylic acids is 1. The second-order valence-electron chi connectivity index (χ2n) is 2.55. The molecule has 1 aromatic heterocycles. The van der Waals surface area contributed by atoms with E-state index in [9.17, 15) is 14.9 Å². The van der Waals surface area contributed by atoms with Gasteiger partial charge < -0.3 is 10.1 Å². The molecule has 1 N–H and O–H groups in total. The number of rotatable bonds is 3. The van der Waals surface area contributed by atoms with Crippen molar-refractivity contribution in [3.05, 3.63) is 27.9 Å². The highest BCUT2D eigenvalue weighted by Gasteiger charge is 2.25. The van der Waals surface area contributed by atoms with E-state index in [0.29, 0.717) is 0 Å². The summed E-state index contributed by atoms with van der Waals surface area (Å²) in [6.07, 6.45) is 1.30. The molecule has 0 aliphatic rings. The first-order chi connectivity index (χ1) is 7.11. The first-order valence-corrected chi connectivity index (χ1v) is 4.01. The molecule has 0 aliphatic carbocycles. The molecule has 0 unspecified atom stereocenters. The lowest BCUT2D eigenvalue weighted by Crippen LogP contribution is -2.09. The molecule has 0 fully saturated rings. The van der Waals surface area contributed by atoms with Gasteiger partial charge in [-0.05, 0) is 6.07 Å². The number of esters is 1. The van der Waals surface area contributed by atoms with Gasteiger partial charge in [0, 0.05) is 13.2 Å². The van der Waals surface area contributed by atoms with Gasteiger partial charge in [-0.25, -0.2) is 9.78 Å². The molecule has 0 spiro atoms. The van der Waals surface area contributed by atoms with Crippen LogP contribution in [-0.4, -0.2) is 30.0 Å². The molecule has 0 saturated carbocycles. The predicted octanol–water partition coefficient (Wildman–Crippen LogP) is 0.818. The number of nitrogens with zero attached hydrogens (tertiary/aromatic N) is 2. The van der Waals surface area contributed by atoms with E-state index in [0.717, 1.165) is 7.11 Å². The fraction of sp³-hybridized carbons (Fsp3) is 0.250. The molecule has 80 valence electrons. The molecule has 0 saturated heterocycles. The van der Waals surface area contributed by atoms with Crippen LogP contribution in [0.1, 0.15) is 10.4 Å². The Bertz CT molecular complexity index is 405. The molecule has 1 heterocycles. The molecule has 0 aliphatic heterocycles. The second-order valence-corrected chi connectivity index (χ2v) is 2.55. The fourth-order valence-electron chi connectivity index (χ4n) is 1.10. The van der Waals surface area contributed by atoms with Gasteiger partial charge in [-0.3, -0.25) is 10.1 Å². The molecule has 1 rings (SSSR count). The third-order valence-electron chi connectivity index (χ3n) is 1.75. The molecule has 0 bridgehead atoms. The molecule has 7 nitrogen and oxygen atoms in total. The highest BCUT2D eigenvalue weighted by molar-refractivity contribution is 5.95. The van der Waals surface area contributed by atoms with Gasteiger partial charge in [0.05, 0.1) is 12.0 Å². The molecule has 1 aromatic rings. The number of carbonyl (C=O) groups is 1. The van der Waals surface area contributed by atoms with Crippen molar-refractivity contribution in [2.75, 3.05) is 19.5 Å². The Morgan fingerprint density at radius 3 is 2.80 bits per heavy atom. The number of nitro groups is 1. The van der Waals surface area contributed by atoms with Gasteiger partial charge in [0.15, 0.2) is 0 Å². The first kappa shape index (κ1) is 10.9. The number of hydrogen-bond acceptors (Lipinski definition) is 6. The molecule has 0 aromatic carbocycles. The summed E-state index contributed by atoms with van der Waals surface area (Å²) < 4.78 is 4.43. The Balaban J connectivity index is 3.38. The van der Waals surface area contributed by atoms with Gasteiger partial charge in [-0.15, -0.1) is 0 Å². The molecular formula is C8H9N3O4. The van der Waals surface area contributed by atoms with Crippen LogP contribution in [0.25, 0.3) is 0 Å². The van der Waals surface area contributed by atoms with Gasteiger partial charge in [0.1, 0.15) is 5.56 Å². The van der Waals surface area contributed by atoms with Gasteiger partial charge in [0.2, 0.25) is 5.82 Å². The normalized spacial score (nSPS) is 9.47. The number of anilines is 1. The van der Waals surface area contributed by atoms with E-state index in [4.69, 9.17) is 0 Å². The molecular weight excluding hydrogens is 202 g/mol. The zero-order valence-electron chi connectivity index (χ0n) is 8.18. The molecule has 0 amide bonds. The van der Waals surface area contributed by atoms with E-state index >= 15 is 0 Å². The van der Waals surface area contributed by atoms with Crippen LogP contribution in [0.5, 0.6) is 0 Å². The zero-order chi connectivity index (χ0) is 11.4. The van der Waals surface area contributed by atoms with Gasteiger partial charge in [-0.1, -0.05) is 0 Å². The largest absolute Gasteiger partial charge is 0.465 e. The van der Waals surface area contributed by atoms with E-state index in [2.05, 4.69) is 15.0 Å². The van der Waals surface area contributed by atoms with Crippen molar-refractivity contribution in [1.82, 2.24) is 4.98 Å². The van der Waals surface area contributed by atoms with Crippen LogP contribution < -0.4 is 5.32 Å². The Kier molecular flexibility index (Phi) is 3.17. The second kappa shape index (κ2) is 4.36. The van der Waals surface area contributed by atoms with E-state index in [1.54, 1.807) is 0 Å². The zero-order valence-corrected chi connectivity index (χ0v) is 8.18. The summed E-state index contributed by atoms with van der Waals surface area (Å²) in [6.45, 7) is 0. The summed E-state index contributed by atoms with van der Waals surface area (Å²) in [4.78, 5) is 25.0. The number of ether oxygens (including phenoxy) is 1. The summed E-state index contributed by atoms with van der Waals surface area (Å²) in [5.74, 6) is -0.733. The number of hydrogen-bond donors (Lipinski definition) is 1. The highest BCUT2D eigenvalue weighted by atomic mass is 16.6. The number of methoxy groups -OCH3 is 1. The lowest BCUT2D eigenvalue weighted by molar-refractivity contribution is -0.384. The van der Waals surface area contributed by atoms with E-state index < -0.39 is 10.9 Å². The Morgan fingerprint density at radius 1 is 1.67 bits per heavy atom. The summed E-state index contributed by atoms with van der Waals surface area (Å²) in [6, 6.07) is 1.24. The van der Waals surface area contributed by atoms with Crippen LogP contribution in [0, 0.1) is 10.1 Å². The highest BCUT2D eigenvalue weighted by Crippen LogP contribution is 2.26. The summed E-state index contributed by atoms with van der Waals surface area (Å²) in [5.41, 5.74) is -0.506. The predicted molar refractivity (Wildman–Crippen MR) is 51.8 cm³/mol. The summed E-state index contributed by atoms with van der Waals surface area (Å²) in [5, 5.41) is 13.3. The van der Waals surface area contributed by atoms with E-state index in [1.807, 2.05) is 0 Å². The van der Waals surface area contributed by atoms with Gasteiger partial charge in [-0.2, -0.15) is 0 Å². The quantitative estimate of drug-likeness (QED) is 0.451. The van der Waals surface area contributed by atoms with Crippen LogP contribution in [0.15, 0.2) is 12.3 Å². The van der Waals surface area contributed by atoms with Crippen molar-refractivity contribution < 1.29 is 14.5 Å². The van der Waals surface area contributed by atoms with Crippen molar-refractivity contribution in [2.45, 2.75) is 0 Å². The minimum Gasteiger partial charge on any atom is -0.465 e. The van der Waals surface area contributed by atoms with Crippen LogP contribution in [0.4, 0.5) is 11.5 Å². The van der Waals surface area contributed by atoms with Gasteiger partial charge >= 0.3 is 11.7 Å². The van der Waals surface area contributed by atoms with Crippen molar-refractivity contribution in [1.29, 1.82) is 0 Å². The maximum absolute atomic E-state index is 11.2. The van der Waals surface area contributed by atoms with Crippen molar-refractivity contribution in [2.24, 2.45) is 0 Å². The minimum atomic E-state index is -0.763. The van der Waals surface area contributed by atoms with E-state index in [-0.39, 0.29) is 17.1 Å². The standard InChI is InChI=1S/C8H9N3O4/c1-9-7-6(11(13)14)5(3-4-10-7)8(12)15-2/h3-4H,1-2H3,(H,9,10). The lowest BCUT2D eigenvalue weighted by atomic mass is 10.2. The Hall–Kier alpha value is -2.18. The van der Waals surface area contributed by atoms with Crippen LogP contribution in [0.2, 0.25) is 0 Å². The fourth-order valence-corrected chi connectivity index (χ4v) is 1.10. The summed E-state index contributed by atoms with van der Waals surface area (Å²) in [7, 11) is 2.64. The molecule has 15 heavy (non-hydrogen) atoms. The average Bonchev–Trinajstić information content (AvgIpc) is 2.26. The smallest absolute Gasteiger partial charge is 0.345 e. The molecule has 0 atom stereocenters. The Morgan fingerprint density at radius 2 is 2.33 bits per heavy atom. The average molecular weight is 211 g/mol. The third-order valence-corrected chi connectivity index (χ3v) is 1.75. The number of nitrogens with one attached hydrogen (secondary N) is 1. The lowest BCUT2D eigenvalue weighted by Gasteiger charge is -2.04. The third kappa shape index (κ3) is 2.01. The number of pyridine rings is 1. The van der Waals surface area contributed by atoms with Crippen LogP contribution in [-0.2, 0) is 4.74 Å². The maximum atomic E-state index is 11.2. The SMILES string of the molecule is CNc1nccc(C(=O)OC)c1[N+](=O)[O-]. The minimum absolute atomic E-state index is 0.0305. The molecule has 0 radical (unpaired) electrons. The van der Waals surface area contributed by atoms with Crippen molar-refractivity contribution in [3.63, 3.8) is 0 Å². The maximum Gasteiger partial charge on any atom is 0.345 e. The first-order valence-electron chi connectivity index (χ1n) is 4.01. The van der Waals surface area contributed by atoms with Gasteiger partial charge in [0.25, 0.3) is 0 Å². The summed E-state index contributed by atoms with van der Waals surface area (Å²) >= 11 is 0. The molecule has 7 heteroatoms. The Labute approximate surface area is 85.2 Å².